The van der Waals surface area contributed by atoms with Gasteiger partial charge in [0.2, 0.25) is 0 Å². The van der Waals surface area contributed by atoms with Crippen LogP contribution in [0.5, 0.6) is 0 Å². The van der Waals surface area contributed by atoms with Crippen molar-refractivity contribution in [2.75, 3.05) is 44.2 Å². The largest absolute Gasteiger partial charge is 0.354 e. The number of aromatic nitrogens is 2. The number of piperazine rings is 1. The van der Waals surface area contributed by atoms with Gasteiger partial charge < -0.3 is 15.1 Å². The van der Waals surface area contributed by atoms with Crippen molar-refractivity contribution in [3.63, 3.8) is 0 Å². The van der Waals surface area contributed by atoms with Crippen molar-refractivity contribution >= 4 is 11.7 Å². The molecule has 0 atom stereocenters. The van der Waals surface area contributed by atoms with E-state index in [0.717, 1.165) is 44.1 Å². The molecule has 6 nitrogen and oxygen atoms in total. The molecule has 0 radical (unpaired) electrons. The van der Waals surface area contributed by atoms with Gasteiger partial charge in [0.25, 0.3) is 5.91 Å². The van der Waals surface area contributed by atoms with Crippen molar-refractivity contribution in [3.8, 4) is 11.4 Å². The van der Waals surface area contributed by atoms with Gasteiger partial charge in [0.15, 0.2) is 5.82 Å². The third-order valence-corrected chi connectivity index (χ3v) is 4.79. The fourth-order valence-corrected chi connectivity index (χ4v) is 3.11. The predicted octanol–water partition coefficient (Wildman–Crippen LogP) is 2.67. The molecule has 27 heavy (non-hydrogen) atoms. The summed E-state index contributed by atoms with van der Waals surface area (Å²) in [7, 11) is 0. The average molecular weight is 367 g/mol. The van der Waals surface area contributed by atoms with E-state index in [0.29, 0.717) is 24.0 Å². The third kappa shape index (κ3) is 5.04. The Hall–Kier alpha value is -2.47. The van der Waals surface area contributed by atoms with Gasteiger partial charge in [-0.05, 0) is 12.5 Å². The minimum Gasteiger partial charge on any atom is -0.354 e. The second kappa shape index (κ2) is 8.95. The van der Waals surface area contributed by atoms with Crippen molar-refractivity contribution < 1.29 is 4.79 Å². The monoisotopic (exact) mass is 367 g/mol. The van der Waals surface area contributed by atoms with Crippen molar-refractivity contribution in [3.05, 3.63) is 42.1 Å². The first-order valence-electron chi connectivity index (χ1n) is 9.76. The smallest absolute Gasteiger partial charge is 0.270 e. The number of likely N-dealkylation sites (N-methyl/N-ethyl adjacent to an activating group) is 1. The highest BCUT2D eigenvalue weighted by Gasteiger charge is 2.20. The Bertz CT molecular complexity index is 754. The Labute approximate surface area is 161 Å². The van der Waals surface area contributed by atoms with Crippen LogP contribution in [0.2, 0.25) is 0 Å². The van der Waals surface area contributed by atoms with Crippen LogP contribution in [0.25, 0.3) is 11.4 Å². The number of nitrogens with one attached hydrogen (secondary N) is 1. The van der Waals surface area contributed by atoms with Gasteiger partial charge in [0.1, 0.15) is 11.5 Å². The van der Waals surface area contributed by atoms with Crippen LogP contribution < -0.4 is 10.2 Å². The quantitative estimate of drug-likeness (QED) is 0.851. The summed E-state index contributed by atoms with van der Waals surface area (Å²) in [5.41, 5.74) is 1.35. The minimum atomic E-state index is -0.142. The molecule has 1 amide bonds. The fraction of sp³-hybridized carbons (Fsp3) is 0.476. The Balaban J connectivity index is 1.90. The number of benzene rings is 1. The zero-order valence-corrected chi connectivity index (χ0v) is 16.5. The van der Waals surface area contributed by atoms with Crippen molar-refractivity contribution in [1.29, 1.82) is 0 Å². The molecule has 1 aliphatic heterocycles. The zero-order chi connectivity index (χ0) is 19.2. The van der Waals surface area contributed by atoms with Gasteiger partial charge >= 0.3 is 0 Å². The molecular formula is C21H29N5O. The first kappa shape index (κ1) is 19.3. The Morgan fingerprint density at radius 2 is 1.81 bits per heavy atom. The first-order chi connectivity index (χ1) is 13.1. The van der Waals surface area contributed by atoms with Crippen molar-refractivity contribution in [1.82, 2.24) is 20.2 Å². The molecule has 0 bridgehead atoms. The topological polar surface area (TPSA) is 61.4 Å². The number of carbonyl (C=O) groups is 1. The molecule has 144 valence electrons. The van der Waals surface area contributed by atoms with Crippen LogP contribution in [0.3, 0.4) is 0 Å². The molecule has 0 spiro atoms. The minimum absolute atomic E-state index is 0.142. The number of carbonyl (C=O) groups excluding carboxylic acids is 1. The van der Waals surface area contributed by atoms with Crippen LogP contribution in [-0.2, 0) is 0 Å². The molecule has 0 saturated carbocycles. The molecule has 1 aromatic carbocycles. The van der Waals surface area contributed by atoms with E-state index in [9.17, 15) is 4.79 Å². The first-order valence-corrected chi connectivity index (χ1v) is 9.76. The number of nitrogens with zero attached hydrogens (tertiary/aromatic N) is 4. The Kier molecular flexibility index (Phi) is 6.40. The molecule has 1 aromatic heterocycles. The summed E-state index contributed by atoms with van der Waals surface area (Å²) in [6.45, 7) is 11.9. The number of amides is 1. The van der Waals surface area contributed by atoms with Gasteiger partial charge in [-0.25, -0.2) is 9.97 Å². The number of hydrogen-bond acceptors (Lipinski definition) is 5. The molecule has 0 unspecified atom stereocenters. The standard InChI is InChI=1S/C21H29N5O/c1-4-25-10-12-26(13-11-25)19-14-18(21(27)22-15-16(2)3)23-20(24-19)17-8-6-5-7-9-17/h5-9,14,16H,4,10-13,15H2,1-3H3,(H,22,27). The lowest BCUT2D eigenvalue weighted by molar-refractivity contribution is 0.0944. The zero-order valence-electron chi connectivity index (χ0n) is 16.5. The van der Waals surface area contributed by atoms with Crippen LogP contribution in [0, 0.1) is 5.92 Å². The molecule has 1 saturated heterocycles. The van der Waals surface area contributed by atoms with Gasteiger partial charge in [0.05, 0.1) is 0 Å². The number of hydrogen-bond donors (Lipinski definition) is 1. The average Bonchev–Trinajstić information content (AvgIpc) is 2.72. The molecule has 6 heteroatoms. The lowest BCUT2D eigenvalue weighted by Gasteiger charge is -2.35. The van der Waals surface area contributed by atoms with E-state index in [1.165, 1.54) is 0 Å². The second-order valence-electron chi connectivity index (χ2n) is 7.33. The van der Waals surface area contributed by atoms with Crippen molar-refractivity contribution in [2.45, 2.75) is 20.8 Å². The van der Waals surface area contributed by atoms with Gasteiger partial charge in [-0.15, -0.1) is 0 Å². The van der Waals surface area contributed by atoms with E-state index in [1.807, 2.05) is 36.4 Å². The van der Waals surface area contributed by atoms with E-state index in [2.05, 4.69) is 40.9 Å². The highest BCUT2D eigenvalue weighted by atomic mass is 16.1. The molecular weight excluding hydrogens is 338 g/mol. The van der Waals surface area contributed by atoms with E-state index in [-0.39, 0.29) is 5.91 Å². The summed E-state index contributed by atoms with van der Waals surface area (Å²) in [5, 5.41) is 2.97. The summed E-state index contributed by atoms with van der Waals surface area (Å²) in [6.07, 6.45) is 0. The molecule has 2 heterocycles. The maximum absolute atomic E-state index is 12.6. The van der Waals surface area contributed by atoms with Gasteiger partial charge in [-0.3, -0.25) is 4.79 Å². The van der Waals surface area contributed by atoms with E-state index in [4.69, 9.17) is 4.98 Å². The normalized spacial score (nSPS) is 15.2. The predicted molar refractivity (Wildman–Crippen MR) is 109 cm³/mol. The van der Waals surface area contributed by atoms with E-state index >= 15 is 0 Å². The van der Waals surface area contributed by atoms with Crippen LogP contribution in [-0.4, -0.2) is 60.0 Å². The third-order valence-electron chi connectivity index (χ3n) is 4.79. The lowest BCUT2D eigenvalue weighted by Crippen LogP contribution is -2.46. The maximum Gasteiger partial charge on any atom is 0.270 e. The summed E-state index contributed by atoms with van der Waals surface area (Å²) < 4.78 is 0. The second-order valence-corrected chi connectivity index (χ2v) is 7.33. The maximum atomic E-state index is 12.6. The van der Waals surface area contributed by atoms with Crippen molar-refractivity contribution in [2.24, 2.45) is 5.92 Å². The highest BCUT2D eigenvalue weighted by molar-refractivity contribution is 5.93. The fourth-order valence-electron chi connectivity index (χ4n) is 3.11. The molecule has 0 aliphatic carbocycles. The summed E-state index contributed by atoms with van der Waals surface area (Å²) in [5.74, 6) is 1.68. The SMILES string of the molecule is CCN1CCN(c2cc(C(=O)NCC(C)C)nc(-c3ccccc3)n2)CC1. The van der Waals surface area contributed by atoms with E-state index in [1.54, 1.807) is 0 Å². The molecule has 1 N–H and O–H groups in total. The van der Waals surface area contributed by atoms with Crippen LogP contribution in [0.1, 0.15) is 31.3 Å². The van der Waals surface area contributed by atoms with Gasteiger partial charge in [-0.2, -0.15) is 0 Å². The molecule has 1 aliphatic rings. The number of anilines is 1. The molecule has 3 rings (SSSR count). The van der Waals surface area contributed by atoms with Crippen LogP contribution in [0.15, 0.2) is 36.4 Å². The van der Waals surface area contributed by atoms with Crippen LogP contribution in [0.4, 0.5) is 5.82 Å². The summed E-state index contributed by atoms with van der Waals surface area (Å²) in [4.78, 5) is 26.6. The molecule has 2 aromatic rings. The highest BCUT2D eigenvalue weighted by Crippen LogP contribution is 2.21. The van der Waals surface area contributed by atoms with Crippen LogP contribution >= 0.6 is 0 Å². The summed E-state index contributed by atoms with van der Waals surface area (Å²) in [6, 6.07) is 11.7. The lowest BCUT2D eigenvalue weighted by atomic mass is 10.2. The Morgan fingerprint density at radius 1 is 1.11 bits per heavy atom. The summed E-state index contributed by atoms with van der Waals surface area (Å²) >= 11 is 0. The number of rotatable bonds is 6. The molecule has 1 fully saturated rings. The van der Waals surface area contributed by atoms with Gasteiger partial charge in [0, 0.05) is 44.4 Å². The van der Waals surface area contributed by atoms with E-state index < -0.39 is 0 Å². The Morgan fingerprint density at radius 3 is 2.44 bits per heavy atom. The van der Waals surface area contributed by atoms with Gasteiger partial charge in [-0.1, -0.05) is 51.1 Å².